The molecule has 0 aromatic heterocycles. The molecule has 5 heteroatoms. The van der Waals surface area contributed by atoms with Crippen LogP contribution in [0.1, 0.15) is 17.2 Å². The third kappa shape index (κ3) is 3.84. The van der Waals surface area contributed by atoms with Gasteiger partial charge in [0.25, 0.3) is 0 Å². The van der Waals surface area contributed by atoms with E-state index < -0.39 is 0 Å². The summed E-state index contributed by atoms with van der Waals surface area (Å²) in [6.45, 7) is 1.17. The molecule has 1 atom stereocenters. The van der Waals surface area contributed by atoms with Crippen molar-refractivity contribution in [3.8, 4) is 5.75 Å². The molecule has 120 valence electrons. The highest BCUT2D eigenvalue weighted by molar-refractivity contribution is 6.30. The molecule has 2 aromatic rings. The number of ether oxygens (including phenoxy) is 2. The van der Waals surface area contributed by atoms with Gasteiger partial charge in [0.15, 0.2) is 0 Å². The Morgan fingerprint density at radius 2 is 2.04 bits per heavy atom. The van der Waals surface area contributed by atoms with Gasteiger partial charge in [-0.25, -0.2) is 0 Å². The first kappa shape index (κ1) is 15.8. The number of morpholine rings is 1. The number of methoxy groups -OCH3 is 1. The quantitative estimate of drug-likeness (QED) is 0.861. The molecule has 0 N–H and O–H groups in total. The van der Waals surface area contributed by atoms with E-state index in [2.05, 4.69) is 0 Å². The minimum atomic E-state index is -0.148. The monoisotopic (exact) mass is 331 g/mol. The number of halogens is 1. The zero-order valence-corrected chi connectivity index (χ0v) is 13.6. The Morgan fingerprint density at radius 1 is 1.26 bits per heavy atom. The standard InChI is InChI=1S/C18H18ClNO3/c1-22-16-7-5-13(6-8-16)10-20-11-17(23-12-18(20)21)14-3-2-4-15(19)9-14/h2-9,17H,10-12H2,1H3/t17-/m0/s1. The summed E-state index contributed by atoms with van der Waals surface area (Å²) in [6, 6.07) is 15.3. The third-order valence-electron chi connectivity index (χ3n) is 3.90. The van der Waals surface area contributed by atoms with E-state index in [1.54, 1.807) is 7.11 Å². The highest BCUT2D eigenvalue weighted by atomic mass is 35.5. The Balaban J connectivity index is 1.71. The predicted molar refractivity (Wildman–Crippen MR) is 88.6 cm³/mol. The van der Waals surface area contributed by atoms with E-state index in [0.717, 1.165) is 16.9 Å². The summed E-state index contributed by atoms with van der Waals surface area (Å²) in [4.78, 5) is 13.9. The van der Waals surface area contributed by atoms with E-state index in [4.69, 9.17) is 21.1 Å². The molecule has 0 unspecified atom stereocenters. The maximum Gasteiger partial charge on any atom is 0.249 e. The fraction of sp³-hybridized carbons (Fsp3) is 0.278. The second kappa shape index (κ2) is 7.02. The molecule has 3 rings (SSSR count). The average molecular weight is 332 g/mol. The van der Waals surface area contributed by atoms with Crippen LogP contribution >= 0.6 is 11.6 Å². The summed E-state index contributed by atoms with van der Waals surface area (Å²) in [5.74, 6) is 0.804. The number of carbonyl (C=O) groups is 1. The van der Waals surface area contributed by atoms with Gasteiger partial charge >= 0.3 is 0 Å². The smallest absolute Gasteiger partial charge is 0.249 e. The molecular weight excluding hydrogens is 314 g/mol. The van der Waals surface area contributed by atoms with Crippen molar-refractivity contribution in [2.45, 2.75) is 12.6 Å². The lowest BCUT2D eigenvalue weighted by Crippen LogP contribution is -2.42. The molecule has 0 bridgehead atoms. The average Bonchev–Trinajstić information content (AvgIpc) is 2.57. The third-order valence-corrected chi connectivity index (χ3v) is 4.13. The molecule has 1 amide bonds. The van der Waals surface area contributed by atoms with Gasteiger partial charge in [0.1, 0.15) is 18.5 Å². The second-order valence-electron chi connectivity index (χ2n) is 5.48. The Hall–Kier alpha value is -2.04. The van der Waals surface area contributed by atoms with Gasteiger partial charge in [-0.2, -0.15) is 0 Å². The van der Waals surface area contributed by atoms with E-state index in [1.165, 1.54) is 0 Å². The number of carbonyl (C=O) groups excluding carboxylic acids is 1. The van der Waals surface area contributed by atoms with Gasteiger partial charge in [-0.05, 0) is 35.4 Å². The van der Waals surface area contributed by atoms with Gasteiger partial charge in [-0.3, -0.25) is 4.79 Å². The first-order valence-corrected chi connectivity index (χ1v) is 7.81. The Labute approximate surface area is 140 Å². The lowest BCUT2D eigenvalue weighted by atomic mass is 10.1. The largest absolute Gasteiger partial charge is 0.497 e. The number of benzene rings is 2. The van der Waals surface area contributed by atoms with Crippen molar-refractivity contribution in [2.24, 2.45) is 0 Å². The van der Waals surface area contributed by atoms with Crippen LogP contribution in [0.5, 0.6) is 5.75 Å². The van der Waals surface area contributed by atoms with Crippen molar-refractivity contribution in [1.29, 1.82) is 0 Å². The van der Waals surface area contributed by atoms with E-state index in [-0.39, 0.29) is 18.6 Å². The molecule has 1 aliphatic heterocycles. The van der Waals surface area contributed by atoms with Gasteiger partial charge in [-0.1, -0.05) is 35.9 Å². The molecule has 1 saturated heterocycles. The number of hydrogen-bond acceptors (Lipinski definition) is 3. The molecule has 0 aliphatic carbocycles. The van der Waals surface area contributed by atoms with Crippen LogP contribution in [0.25, 0.3) is 0 Å². The number of rotatable bonds is 4. The van der Waals surface area contributed by atoms with Gasteiger partial charge < -0.3 is 14.4 Å². The minimum absolute atomic E-state index is 0.000837. The van der Waals surface area contributed by atoms with Crippen LogP contribution in [-0.4, -0.2) is 31.1 Å². The van der Waals surface area contributed by atoms with Crippen molar-refractivity contribution in [3.05, 3.63) is 64.7 Å². The summed E-state index contributed by atoms with van der Waals surface area (Å²) in [5, 5.41) is 0.671. The zero-order chi connectivity index (χ0) is 16.2. The summed E-state index contributed by atoms with van der Waals surface area (Å²) in [5.41, 5.74) is 2.05. The highest BCUT2D eigenvalue weighted by Gasteiger charge is 2.27. The predicted octanol–water partition coefficient (Wildman–Crippen LogP) is 3.45. The summed E-state index contributed by atoms with van der Waals surface area (Å²) in [7, 11) is 1.64. The zero-order valence-electron chi connectivity index (χ0n) is 12.9. The molecule has 0 radical (unpaired) electrons. The normalized spacial score (nSPS) is 18.1. The fourth-order valence-corrected chi connectivity index (χ4v) is 2.83. The van der Waals surface area contributed by atoms with Crippen LogP contribution in [0.4, 0.5) is 0 Å². The van der Waals surface area contributed by atoms with Gasteiger partial charge in [0.05, 0.1) is 13.7 Å². The van der Waals surface area contributed by atoms with Crippen LogP contribution in [0.3, 0.4) is 0 Å². The SMILES string of the molecule is COc1ccc(CN2C[C@@H](c3cccc(Cl)c3)OCC2=O)cc1. The molecule has 2 aromatic carbocycles. The summed E-state index contributed by atoms with van der Waals surface area (Å²) in [6.07, 6.45) is -0.148. The minimum Gasteiger partial charge on any atom is -0.497 e. The summed E-state index contributed by atoms with van der Waals surface area (Å²) >= 11 is 6.04. The van der Waals surface area contributed by atoms with Crippen molar-refractivity contribution >= 4 is 17.5 Å². The molecule has 0 saturated carbocycles. The molecule has 1 heterocycles. The van der Waals surface area contributed by atoms with Gasteiger partial charge in [-0.15, -0.1) is 0 Å². The van der Waals surface area contributed by atoms with E-state index in [0.29, 0.717) is 18.1 Å². The molecule has 1 fully saturated rings. The number of hydrogen-bond donors (Lipinski definition) is 0. The van der Waals surface area contributed by atoms with Crippen molar-refractivity contribution in [2.75, 3.05) is 20.3 Å². The summed E-state index contributed by atoms with van der Waals surface area (Å²) < 4.78 is 10.8. The first-order chi connectivity index (χ1) is 11.2. The molecule has 0 spiro atoms. The van der Waals surface area contributed by atoms with Crippen molar-refractivity contribution in [1.82, 2.24) is 4.90 Å². The van der Waals surface area contributed by atoms with E-state index in [1.807, 2.05) is 53.4 Å². The lowest BCUT2D eigenvalue weighted by Gasteiger charge is -2.33. The van der Waals surface area contributed by atoms with Crippen molar-refractivity contribution < 1.29 is 14.3 Å². The molecule has 23 heavy (non-hydrogen) atoms. The first-order valence-electron chi connectivity index (χ1n) is 7.43. The van der Waals surface area contributed by atoms with E-state index >= 15 is 0 Å². The topological polar surface area (TPSA) is 38.8 Å². The van der Waals surface area contributed by atoms with Crippen LogP contribution < -0.4 is 4.74 Å². The lowest BCUT2D eigenvalue weighted by molar-refractivity contribution is -0.150. The molecule has 4 nitrogen and oxygen atoms in total. The van der Waals surface area contributed by atoms with Crippen LogP contribution in [-0.2, 0) is 16.1 Å². The fourth-order valence-electron chi connectivity index (χ4n) is 2.63. The Morgan fingerprint density at radius 3 is 2.74 bits per heavy atom. The van der Waals surface area contributed by atoms with Crippen LogP contribution in [0.15, 0.2) is 48.5 Å². The number of amides is 1. The maximum atomic E-state index is 12.1. The van der Waals surface area contributed by atoms with Gasteiger partial charge in [0.2, 0.25) is 5.91 Å². The van der Waals surface area contributed by atoms with Gasteiger partial charge in [0, 0.05) is 11.6 Å². The van der Waals surface area contributed by atoms with Crippen LogP contribution in [0, 0.1) is 0 Å². The second-order valence-corrected chi connectivity index (χ2v) is 5.91. The maximum absolute atomic E-state index is 12.1. The van der Waals surface area contributed by atoms with E-state index in [9.17, 15) is 4.79 Å². The molecular formula is C18H18ClNO3. The Kier molecular flexibility index (Phi) is 4.84. The molecule has 1 aliphatic rings. The van der Waals surface area contributed by atoms with Crippen LogP contribution in [0.2, 0.25) is 5.02 Å². The number of nitrogens with zero attached hydrogens (tertiary/aromatic N) is 1. The van der Waals surface area contributed by atoms with Crippen molar-refractivity contribution in [3.63, 3.8) is 0 Å². The highest BCUT2D eigenvalue weighted by Crippen LogP contribution is 2.26. The Bertz CT molecular complexity index is 687.